The first-order chi connectivity index (χ1) is 7.67. The maximum absolute atomic E-state index is 9.85. The third-order valence-electron chi connectivity index (χ3n) is 2.40. The van der Waals surface area contributed by atoms with Gasteiger partial charge in [0.15, 0.2) is 0 Å². The summed E-state index contributed by atoms with van der Waals surface area (Å²) in [7, 11) is 3.00. The van der Waals surface area contributed by atoms with Gasteiger partial charge in [-0.2, -0.15) is 0 Å². The molecule has 0 aliphatic heterocycles. The average molecular weight is 224 g/mol. The first kappa shape index (κ1) is 12.4. The third-order valence-corrected chi connectivity index (χ3v) is 2.40. The highest BCUT2D eigenvalue weighted by atomic mass is 16.5. The minimum Gasteiger partial charge on any atom is -0.507 e. The van der Waals surface area contributed by atoms with Crippen molar-refractivity contribution >= 4 is 0 Å². The Morgan fingerprint density at radius 3 is 2.50 bits per heavy atom. The number of aliphatic hydroxyl groups excluding tert-OH is 1. The molecule has 0 saturated carbocycles. The first-order valence-corrected chi connectivity index (χ1v) is 4.86. The van der Waals surface area contributed by atoms with E-state index in [1.54, 1.807) is 12.1 Å². The highest BCUT2D eigenvalue weighted by Gasteiger charge is 2.18. The van der Waals surface area contributed by atoms with Crippen molar-refractivity contribution in [1.29, 1.82) is 0 Å². The van der Waals surface area contributed by atoms with E-state index in [1.807, 2.05) is 0 Å². The molecule has 0 heterocycles. The molecule has 0 aliphatic rings. The minimum atomic E-state index is -0.360. The monoisotopic (exact) mass is 224 g/mol. The molecular weight excluding hydrogens is 208 g/mol. The number of ether oxygens (including phenoxy) is 2. The number of hydrogen-bond donors (Lipinski definition) is 2. The van der Waals surface area contributed by atoms with Crippen LogP contribution >= 0.6 is 0 Å². The van der Waals surface area contributed by atoms with E-state index in [1.165, 1.54) is 20.3 Å². The maximum atomic E-state index is 9.85. The Balaban J connectivity index is 3.30. The van der Waals surface area contributed by atoms with E-state index in [4.69, 9.17) is 9.47 Å². The summed E-state index contributed by atoms with van der Waals surface area (Å²) in [5, 5.41) is 19.0. The van der Waals surface area contributed by atoms with Gasteiger partial charge < -0.3 is 19.7 Å². The van der Waals surface area contributed by atoms with Crippen LogP contribution in [0.15, 0.2) is 24.8 Å². The van der Waals surface area contributed by atoms with Crippen LogP contribution in [0.4, 0.5) is 0 Å². The number of hydrogen-bond acceptors (Lipinski definition) is 4. The van der Waals surface area contributed by atoms with Gasteiger partial charge >= 0.3 is 0 Å². The summed E-state index contributed by atoms with van der Waals surface area (Å²) in [6.45, 7) is 3.47. The number of methoxy groups -OCH3 is 2. The number of phenolic OH excluding ortho intramolecular Hbond substituents is 1. The summed E-state index contributed by atoms with van der Waals surface area (Å²) in [6, 6.07) is 3.13. The molecule has 0 saturated heterocycles. The normalized spacial score (nSPS) is 11.9. The molecular formula is C12H16O4. The zero-order valence-electron chi connectivity index (χ0n) is 9.43. The molecule has 88 valence electrons. The number of benzene rings is 1. The van der Waals surface area contributed by atoms with Gasteiger partial charge in [-0.15, -0.1) is 6.58 Å². The van der Waals surface area contributed by atoms with E-state index in [0.717, 1.165) is 0 Å². The molecule has 0 fully saturated rings. The van der Waals surface area contributed by atoms with Gasteiger partial charge in [0.25, 0.3) is 0 Å². The molecule has 1 aromatic rings. The second-order valence-electron chi connectivity index (χ2n) is 3.29. The molecule has 16 heavy (non-hydrogen) atoms. The van der Waals surface area contributed by atoms with Crippen LogP contribution in [-0.2, 0) is 0 Å². The summed E-state index contributed by atoms with van der Waals surface area (Å²) in [5.41, 5.74) is 0.515. The summed E-state index contributed by atoms with van der Waals surface area (Å²) in [4.78, 5) is 0. The Bertz CT molecular complexity index is 374. The van der Waals surface area contributed by atoms with Crippen LogP contribution in [-0.4, -0.2) is 31.0 Å². The highest BCUT2D eigenvalue weighted by molar-refractivity contribution is 5.52. The maximum Gasteiger partial charge on any atom is 0.130 e. The lowest BCUT2D eigenvalue weighted by atomic mass is 9.97. The molecule has 0 spiro atoms. The fraction of sp³-hybridized carbons (Fsp3) is 0.333. The highest BCUT2D eigenvalue weighted by Crippen LogP contribution is 2.38. The van der Waals surface area contributed by atoms with Crippen LogP contribution in [0.1, 0.15) is 11.5 Å². The third kappa shape index (κ3) is 2.28. The molecule has 2 N–H and O–H groups in total. The Kier molecular flexibility index (Phi) is 4.19. The Morgan fingerprint density at radius 2 is 2.06 bits per heavy atom. The van der Waals surface area contributed by atoms with Gasteiger partial charge in [-0.3, -0.25) is 0 Å². The largest absolute Gasteiger partial charge is 0.507 e. The van der Waals surface area contributed by atoms with Crippen LogP contribution in [0.2, 0.25) is 0 Å². The van der Waals surface area contributed by atoms with Crippen LogP contribution in [0.25, 0.3) is 0 Å². The summed E-state index contributed by atoms with van der Waals surface area (Å²) in [6.07, 6.45) is 1.56. The topological polar surface area (TPSA) is 58.9 Å². The lowest BCUT2D eigenvalue weighted by Crippen LogP contribution is -2.04. The standard InChI is InChI=1S/C12H16O4/c1-4-8(7-13)12-10(14)5-9(15-2)6-11(12)16-3/h4-6,8,13-14H,1,7H2,2-3H3. The molecule has 0 radical (unpaired) electrons. The number of aliphatic hydroxyl groups is 1. The molecule has 1 atom stereocenters. The van der Waals surface area contributed by atoms with Crippen molar-refractivity contribution in [2.45, 2.75) is 5.92 Å². The Morgan fingerprint density at radius 1 is 1.38 bits per heavy atom. The predicted molar refractivity (Wildman–Crippen MR) is 61.2 cm³/mol. The van der Waals surface area contributed by atoms with Crippen molar-refractivity contribution in [1.82, 2.24) is 0 Å². The van der Waals surface area contributed by atoms with Gasteiger partial charge in [0.2, 0.25) is 0 Å². The van der Waals surface area contributed by atoms with Gasteiger partial charge in [-0.25, -0.2) is 0 Å². The van der Waals surface area contributed by atoms with Crippen molar-refractivity contribution in [3.8, 4) is 17.2 Å². The van der Waals surface area contributed by atoms with Gasteiger partial charge in [0.1, 0.15) is 17.2 Å². The van der Waals surface area contributed by atoms with Crippen LogP contribution in [0, 0.1) is 0 Å². The van der Waals surface area contributed by atoms with Crippen molar-refractivity contribution in [2.75, 3.05) is 20.8 Å². The predicted octanol–water partition coefficient (Wildman–Crippen LogP) is 1.67. The fourth-order valence-electron chi connectivity index (χ4n) is 1.53. The quantitative estimate of drug-likeness (QED) is 0.747. The van der Waals surface area contributed by atoms with E-state index in [-0.39, 0.29) is 18.3 Å². The smallest absolute Gasteiger partial charge is 0.130 e. The molecule has 0 aliphatic carbocycles. The van der Waals surface area contributed by atoms with Gasteiger partial charge in [-0.1, -0.05) is 6.08 Å². The van der Waals surface area contributed by atoms with Crippen LogP contribution in [0.5, 0.6) is 17.2 Å². The van der Waals surface area contributed by atoms with Gasteiger partial charge in [0, 0.05) is 23.6 Å². The Hall–Kier alpha value is -1.68. The van der Waals surface area contributed by atoms with Gasteiger partial charge in [-0.05, 0) is 0 Å². The zero-order chi connectivity index (χ0) is 12.1. The molecule has 0 amide bonds. The van der Waals surface area contributed by atoms with E-state index < -0.39 is 0 Å². The zero-order valence-corrected chi connectivity index (χ0v) is 9.43. The molecule has 4 heteroatoms. The molecule has 1 unspecified atom stereocenters. The summed E-state index contributed by atoms with van der Waals surface area (Å²) in [5.74, 6) is 0.630. The lowest BCUT2D eigenvalue weighted by molar-refractivity contribution is 0.277. The van der Waals surface area contributed by atoms with Crippen LogP contribution < -0.4 is 9.47 Å². The van der Waals surface area contributed by atoms with E-state index in [0.29, 0.717) is 17.1 Å². The second-order valence-corrected chi connectivity index (χ2v) is 3.29. The van der Waals surface area contributed by atoms with Crippen molar-refractivity contribution in [3.05, 3.63) is 30.4 Å². The Labute approximate surface area is 94.7 Å². The first-order valence-electron chi connectivity index (χ1n) is 4.86. The molecule has 0 bridgehead atoms. The lowest BCUT2D eigenvalue weighted by Gasteiger charge is -2.17. The van der Waals surface area contributed by atoms with Crippen molar-refractivity contribution < 1.29 is 19.7 Å². The van der Waals surface area contributed by atoms with E-state index in [2.05, 4.69) is 6.58 Å². The minimum absolute atomic E-state index is 0.0233. The van der Waals surface area contributed by atoms with E-state index in [9.17, 15) is 10.2 Å². The average Bonchev–Trinajstić information content (AvgIpc) is 2.31. The SMILES string of the molecule is C=CC(CO)c1c(O)cc(OC)cc1OC. The molecule has 0 aromatic heterocycles. The van der Waals surface area contributed by atoms with Crippen LogP contribution in [0.3, 0.4) is 0 Å². The van der Waals surface area contributed by atoms with E-state index >= 15 is 0 Å². The number of aromatic hydroxyl groups is 1. The summed E-state index contributed by atoms with van der Waals surface area (Å²) < 4.78 is 10.2. The summed E-state index contributed by atoms with van der Waals surface area (Å²) >= 11 is 0. The van der Waals surface area contributed by atoms with Gasteiger partial charge in [0.05, 0.1) is 20.8 Å². The number of phenols is 1. The fourth-order valence-corrected chi connectivity index (χ4v) is 1.53. The molecule has 1 rings (SSSR count). The molecule has 1 aromatic carbocycles. The van der Waals surface area contributed by atoms with Crippen molar-refractivity contribution in [3.63, 3.8) is 0 Å². The van der Waals surface area contributed by atoms with Crippen molar-refractivity contribution in [2.24, 2.45) is 0 Å². The molecule has 4 nitrogen and oxygen atoms in total. The number of rotatable bonds is 5. The second kappa shape index (κ2) is 5.42.